The number of hydrogen-bond donors (Lipinski definition) is 0. The summed E-state index contributed by atoms with van der Waals surface area (Å²) in [6, 6.07) is 16.8. The van der Waals surface area contributed by atoms with E-state index in [4.69, 9.17) is 9.47 Å². The molecule has 7 heteroatoms. The Labute approximate surface area is 159 Å². The normalized spacial score (nSPS) is 11.1. The Morgan fingerprint density at radius 1 is 1.00 bits per heavy atom. The van der Waals surface area contributed by atoms with Crippen molar-refractivity contribution in [3.8, 4) is 17.1 Å². The number of pyridine rings is 1. The lowest BCUT2D eigenvalue weighted by Gasteiger charge is -2.12. The smallest absolute Gasteiger partial charge is 0.416 e. The molecule has 3 rings (SSSR count). The van der Waals surface area contributed by atoms with E-state index in [1.54, 1.807) is 0 Å². The van der Waals surface area contributed by atoms with Crippen molar-refractivity contribution in [2.45, 2.75) is 12.8 Å². The maximum absolute atomic E-state index is 13.0. The lowest BCUT2D eigenvalue weighted by Crippen LogP contribution is -2.06. The Morgan fingerprint density at radius 2 is 1.75 bits per heavy atom. The molecule has 4 nitrogen and oxygen atoms in total. The second kappa shape index (κ2) is 8.12. The molecule has 0 aliphatic heterocycles. The molecule has 0 aliphatic rings. The highest BCUT2D eigenvalue weighted by Gasteiger charge is 2.30. The summed E-state index contributed by atoms with van der Waals surface area (Å²) in [5.41, 5.74) is 0.602. The zero-order chi connectivity index (χ0) is 20.1. The van der Waals surface area contributed by atoms with E-state index >= 15 is 0 Å². The number of methoxy groups -OCH3 is 1. The number of benzene rings is 2. The molecule has 144 valence electrons. The van der Waals surface area contributed by atoms with Crippen molar-refractivity contribution < 1.29 is 27.4 Å². The summed E-state index contributed by atoms with van der Waals surface area (Å²) in [4.78, 5) is 16.2. The standard InChI is InChI=1S/C21H16F3NO3/c1-27-20(26)16-11-18(15-8-5-9-17(10-15)21(22,23)24)25-19(12-16)28-13-14-6-3-2-4-7-14/h2-12H,13H2,1H3. The van der Waals surface area contributed by atoms with Crippen LogP contribution < -0.4 is 4.74 Å². The van der Waals surface area contributed by atoms with Crippen molar-refractivity contribution in [1.82, 2.24) is 4.98 Å². The molecule has 0 fully saturated rings. The number of carbonyl (C=O) groups is 1. The number of hydrogen-bond acceptors (Lipinski definition) is 4. The molecule has 0 radical (unpaired) electrons. The van der Waals surface area contributed by atoms with Crippen LogP contribution in [-0.2, 0) is 17.5 Å². The summed E-state index contributed by atoms with van der Waals surface area (Å²) in [5, 5.41) is 0. The molecule has 2 aromatic carbocycles. The molecule has 28 heavy (non-hydrogen) atoms. The van der Waals surface area contributed by atoms with Gasteiger partial charge in [0.25, 0.3) is 0 Å². The van der Waals surface area contributed by atoms with Crippen LogP contribution in [0.3, 0.4) is 0 Å². The van der Waals surface area contributed by atoms with E-state index in [9.17, 15) is 18.0 Å². The Bertz CT molecular complexity index is 972. The van der Waals surface area contributed by atoms with Crippen LogP contribution in [0.1, 0.15) is 21.5 Å². The van der Waals surface area contributed by atoms with Crippen molar-refractivity contribution in [3.05, 3.63) is 83.4 Å². The molecule has 1 aromatic heterocycles. The fourth-order valence-electron chi connectivity index (χ4n) is 2.55. The molecule has 3 aromatic rings. The van der Waals surface area contributed by atoms with Crippen molar-refractivity contribution in [1.29, 1.82) is 0 Å². The third-order valence-electron chi connectivity index (χ3n) is 3.94. The lowest BCUT2D eigenvalue weighted by molar-refractivity contribution is -0.137. The second-order valence-electron chi connectivity index (χ2n) is 5.92. The minimum atomic E-state index is -4.48. The van der Waals surface area contributed by atoms with E-state index in [1.807, 2.05) is 30.3 Å². The molecule has 0 unspecified atom stereocenters. The predicted molar refractivity (Wildman–Crippen MR) is 96.8 cm³/mol. The number of aromatic nitrogens is 1. The molecular weight excluding hydrogens is 371 g/mol. The maximum Gasteiger partial charge on any atom is 0.416 e. The topological polar surface area (TPSA) is 48.4 Å². The van der Waals surface area contributed by atoms with Crippen molar-refractivity contribution in [2.75, 3.05) is 7.11 Å². The molecule has 0 saturated carbocycles. The summed E-state index contributed by atoms with van der Waals surface area (Å²) < 4.78 is 49.4. The van der Waals surface area contributed by atoms with Crippen molar-refractivity contribution in [2.24, 2.45) is 0 Å². The fourth-order valence-corrected chi connectivity index (χ4v) is 2.55. The highest BCUT2D eigenvalue weighted by atomic mass is 19.4. The summed E-state index contributed by atoms with van der Waals surface area (Å²) >= 11 is 0. The van der Waals surface area contributed by atoms with Crippen LogP contribution in [0.15, 0.2) is 66.7 Å². The Morgan fingerprint density at radius 3 is 2.43 bits per heavy atom. The van der Waals surface area contributed by atoms with E-state index in [1.165, 1.54) is 31.4 Å². The Kier molecular flexibility index (Phi) is 5.63. The highest BCUT2D eigenvalue weighted by Crippen LogP contribution is 2.32. The van der Waals surface area contributed by atoms with E-state index in [0.29, 0.717) is 0 Å². The first-order chi connectivity index (χ1) is 13.4. The van der Waals surface area contributed by atoms with Gasteiger partial charge >= 0.3 is 12.1 Å². The minimum absolute atomic E-state index is 0.110. The second-order valence-corrected chi connectivity index (χ2v) is 5.92. The Hall–Kier alpha value is -3.35. The molecule has 0 amide bonds. The molecule has 0 aliphatic carbocycles. The third-order valence-corrected chi connectivity index (χ3v) is 3.94. The largest absolute Gasteiger partial charge is 0.473 e. The Balaban J connectivity index is 1.97. The summed E-state index contributed by atoms with van der Waals surface area (Å²) in [5.74, 6) is -0.528. The van der Waals surface area contributed by atoms with Crippen LogP contribution in [0.4, 0.5) is 13.2 Å². The van der Waals surface area contributed by atoms with Gasteiger partial charge in [0.2, 0.25) is 5.88 Å². The third kappa shape index (κ3) is 4.68. The van der Waals surface area contributed by atoms with E-state index < -0.39 is 17.7 Å². The first-order valence-corrected chi connectivity index (χ1v) is 8.31. The monoisotopic (exact) mass is 387 g/mol. The number of nitrogens with zero attached hydrogens (tertiary/aromatic N) is 1. The number of carbonyl (C=O) groups excluding carboxylic acids is 1. The van der Waals surface area contributed by atoms with Gasteiger partial charge in [0.1, 0.15) is 6.61 Å². The van der Waals surface area contributed by atoms with Crippen LogP contribution in [0.2, 0.25) is 0 Å². The van der Waals surface area contributed by atoms with Crippen molar-refractivity contribution >= 4 is 5.97 Å². The summed E-state index contributed by atoms with van der Waals surface area (Å²) in [6.07, 6.45) is -4.48. The first-order valence-electron chi connectivity index (χ1n) is 8.31. The lowest BCUT2D eigenvalue weighted by atomic mass is 10.1. The van der Waals surface area contributed by atoms with E-state index in [-0.39, 0.29) is 29.3 Å². The van der Waals surface area contributed by atoms with Gasteiger partial charge in [0.05, 0.1) is 23.9 Å². The number of alkyl halides is 3. The van der Waals surface area contributed by atoms with Gasteiger partial charge in [0, 0.05) is 11.6 Å². The van der Waals surface area contributed by atoms with Gasteiger partial charge in [-0.3, -0.25) is 0 Å². The molecule has 0 saturated heterocycles. The summed E-state index contributed by atoms with van der Waals surface area (Å²) in [6.45, 7) is 0.195. The number of esters is 1. The fraction of sp³-hybridized carbons (Fsp3) is 0.143. The molecule has 1 heterocycles. The highest BCUT2D eigenvalue weighted by molar-refractivity contribution is 5.91. The van der Waals surface area contributed by atoms with Gasteiger partial charge in [-0.1, -0.05) is 42.5 Å². The zero-order valence-electron chi connectivity index (χ0n) is 14.9. The van der Waals surface area contributed by atoms with Gasteiger partial charge in [-0.2, -0.15) is 13.2 Å². The maximum atomic E-state index is 13.0. The molecule has 0 spiro atoms. The van der Waals surface area contributed by atoms with Crippen LogP contribution in [0.25, 0.3) is 11.3 Å². The zero-order valence-corrected chi connectivity index (χ0v) is 14.9. The van der Waals surface area contributed by atoms with E-state index in [2.05, 4.69) is 4.98 Å². The van der Waals surface area contributed by atoms with Gasteiger partial charge in [0.15, 0.2) is 0 Å². The van der Waals surface area contributed by atoms with Crippen LogP contribution in [0.5, 0.6) is 5.88 Å². The molecular formula is C21H16F3NO3. The average molecular weight is 387 g/mol. The minimum Gasteiger partial charge on any atom is -0.473 e. The number of halogens is 3. The van der Waals surface area contributed by atoms with Gasteiger partial charge in [-0.15, -0.1) is 0 Å². The molecule has 0 atom stereocenters. The summed E-state index contributed by atoms with van der Waals surface area (Å²) in [7, 11) is 1.22. The van der Waals surface area contributed by atoms with Gasteiger partial charge in [-0.05, 0) is 23.8 Å². The molecule has 0 bridgehead atoms. The number of ether oxygens (including phenoxy) is 2. The molecule has 0 N–H and O–H groups in total. The van der Waals surface area contributed by atoms with Gasteiger partial charge in [-0.25, -0.2) is 9.78 Å². The van der Waals surface area contributed by atoms with Crippen LogP contribution in [0, 0.1) is 0 Å². The quantitative estimate of drug-likeness (QED) is 0.569. The SMILES string of the molecule is COC(=O)c1cc(OCc2ccccc2)nc(-c2cccc(C(F)(F)F)c2)c1. The van der Waals surface area contributed by atoms with Crippen LogP contribution in [-0.4, -0.2) is 18.1 Å². The van der Waals surface area contributed by atoms with Gasteiger partial charge < -0.3 is 9.47 Å². The predicted octanol–water partition coefficient (Wildman–Crippen LogP) is 5.13. The van der Waals surface area contributed by atoms with Crippen molar-refractivity contribution in [3.63, 3.8) is 0 Å². The first kappa shape index (κ1) is 19.4. The number of rotatable bonds is 5. The van der Waals surface area contributed by atoms with Crippen LogP contribution >= 0.6 is 0 Å². The van der Waals surface area contributed by atoms with E-state index in [0.717, 1.165) is 17.7 Å². The average Bonchev–Trinajstić information content (AvgIpc) is 2.71.